The van der Waals surface area contributed by atoms with Gasteiger partial charge in [0.05, 0.1) is 11.4 Å². The monoisotopic (exact) mass is 524 g/mol. The summed E-state index contributed by atoms with van der Waals surface area (Å²) < 4.78 is 1.26. The maximum absolute atomic E-state index is 5.16. The van der Waals surface area contributed by atoms with Crippen molar-refractivity contribution in [3.8, 4) is 33.6 Å². The van der Waals surface area contributed by atoms with E-state index in [1.165, 1.54) is 63.4 Å². The van der Waals surface area contributed by atoms with Gasteiger partial charge in [0, 0.05) is 32.8 Å². The van der Waals surface area contributed by atoms with Crippen molar-refractivity contribution in [1.82, 2.24) is 9.97 Å². The van der Waals surface area contributed by atoms with E-state index in [-0.39, 0.29) is 5.41 Å². The third-order valence-corrected chi connectivity index (χ3v) is 9.93. The molecule has 1 aliphatic carbocycles. The van der Waals surface area contributed by atoms with Crippen molar-refractivity contribution < 1.29 is 0 Å². The Kier molecular flexibility index (Phi) is 6.05. The first-order chi connectivity index (χ1) is 19.1. The van der Waals surface area contributed by atoms with E-state index in [1.807, 2.05) is 6.20 Å². The maximum atomic E-state index is 5.16. The van der Waals surface area contributed by atoms with Gasteiger partial charge in [0.15, 0.2) is 0 Å². The molecule has 0 spiro atoms. The predicted octanol–water partition coefficient (Wildman–Crippen LogP) is 10.3. The van der Waals surface area contributed by atoms with Crippen LogP contribution in [-0.4, -0.2) is 9.97 Å². The van der Waals surface area contributed by atoms with Crippen molar-refractivity contribution in [2.45, 2.75) is 44.9 Å². The average molecular weight is 525 g/mol. The van der Waals surface area contributed by atoms with Crippen LogP contribution < -0.4 is 0 Å². The molecule has 1 aliphatic rings. The molecule has 3 aromatic carbocycles. The molecule has 6 aromatic rings. The molecule has 0 N–H and O–H groups in total. The van der Waals surface area contributed by atoms with Crippen LogP contribution in [0.4, 0.5) is 0 Å². The summed E-state index contributed by atoms with van der Waals surface area (Å²) in [6, 6.07) is 34.7. The zero-order chi connectivity index (χ0) is 26.4. The number of benzene rings is 3. The Balaban J connectivity index is 1.44. The lowest BCUT2D eigenvalue weighted by Gasteiger charge is -2.32. The lowest BCUT2D eigenvalue weighted by molar-refractivity contribution is 0.325. The van der Waals surface area contributed by atoms with Crippen LogP contribution in [0.15, 0.2) is 103 Å². The molecule has 0 atom stereocenters. The van der Waals surface area contributed by atoms with E-state index in [0.717, 1.165) is 27.7 Å². The smallest absolute Gasteiger partial charge is 0.125 e. The third kappa shape index (κ3) is 4.26. The van der Waals surface area contributed by atoms with Gasteiger partial charge in [-0.3, -0.25) is 4.98 Å². The number of hydrogen-bond acceptors (Lipinski definition) is 3. The fourth-order valence-corrected chi connectivity index (χ4v) is 7.67. The van der Waals surface area contributed by atoms with E-state index in [1.54, 1.807) is 11.3 Å². The lowest BCUT2D eigenvalue weighted by atomic mass is 9.72. The molecule has 192 valence electrons. The SMILES string of the molecule is CC(C)(c1ccnc(-c2ccc(-c3ccccc3)c3c2sc2nc(-c4ccccc4)ccc23)c1)C1CCCC1. The minimum atomic E-state index is 0.142. The molecule has 39 heavy (non-hydrogen) atoms. The van der Waals surface area contributed by atoms with E-state index in [9.17, 15) is 0 Å². The largest absolute Gasteiger partial charge is 0.256 e. The van der Waals surface area contributed by atoms with E-state index < -0.39 is 0 Å². The molecule has 0 unspecified atom stereocenters. The number of rotatable bonds is 5. The Hall–Kier alpha value is -3.82. The second-order valence-electron chi connectivity index (χ2n) is 11.4. The molecule has 1 saturated carbocycles. The van der Waals surface area contributed by atoms with Crippen LogP contribution in [-0.2, 0) is 5.41 Å². The fourth-order valence-electron chi connectivity index (χ4n) is 6.45. The Morgan fingerprint density at radius 2 is 1.41 bits per heavy atom. The second kappa shape index (κ2) is 9.73. The van der Waals surface area contributed by atoms with Crippen molar-refractivity contribution in [2.75, 3.05) is 0 Å². The number of pyridine rings is 2. The molecule has 2 nitrogen and oxygen atoms in total. The van der Waals surface area contributed by atoms with Crippen LogP contribution in [0.1, 0.15) is 45.1 Å². The summed E-state index contributed by atoms with van der Waals surface area (Å²) in [4.78, 5) is 11.2. The van der Waals surface area contributed by atoms with Crippen LogP contribution >= 0.6 is 11.3 Å². The van der Waals surface area contributed by atoms with Gasteiger partial charge < -0.3 is 0 Å². The second-order valence-corrected chi connectivity index (χ2v) is 12.4. The van der Waals surface area contributed by atoms with Gasteiger partial charge >= 0.3 is 0 Å². The molecule has 0 saturated heterocycles. The summed E-state index contributed by atoms with van der Waals surface area (Å²) in [5.41, 5.74) is 8.41. The van der Waals surface area contributed by atoms with Crippen LogP contribution in [0, 0.1) is 5.92 Å². The fraction of sp³-hybridized carbons (Fsp3) is 0.222. The summed E-state index contributed by atoms with van der Waals surface area (Å²) in [6.07, 6.45) is 7.37. The average Bonchev–Trinajstić information content (AvgIpc) is 3.67. The summed E-state index contributed by atoms with van der Waals surface area (Å²) in [5, 5.41) is 2.48. The van der Waals surface area contributed by atoms with Crippen LogP contribution in [0.5, 0.6) is 0 Å². The van der Waals surface area contributed by atoms with Gasteiger partial charge in [0.2, 0.25) is 0 Å². The summed E-state index contributed by atoms with van der Waals surface area (Å²) in [7, 11) is 0. The highest BCUT2D eigenvalue weighted by atomic mass is 32.1. The highest BCUT2D eigenvalue weighted by Gasteiger charge is 2.33. The van der Waals surface area contributed by atoms with E-state index in [2.05, 4.69) is 111 Å². The van der Waals surface area contributed by atoms with E-state index in [4.69, 9.17) is 9.97 Å². The van der Waals surface area contributed by atoms with Crippen LogP contribution in [0.25, 0.3) is 53.9 Å². The minimum Gasteiger partial charge on any atom is -0.256 e. The quantitative estimate of drug-likeness (QED) is 0.224. The van der Waals surface area contributed by atoms with Crippen molar-refractivity contribution in [3.63, 3.8) is 0 Å². The molecule has 3 heteroatoms. The first-order valence-corrected chi connectivity index (χ1v) is 14.9. The molecule has 3 heterocycles. The van der Waals surface area contributed by atoms with Crippen molar-refractivity contribution in [1.29, 1.82) is 0 Å². The van der Waals surface area contributed by atoms with Gasteiger partial charge in [-0.15, -0.1) is 11.3 Å². The predicted molar refractivity (Wildman–Crippen MR) is 166 cm³/mol. The van der Waals surface area contributed by atoms with Gasteiger partial charge in [0.1, 0.15) is 4.83 Å². The molecule has 0 amide bonds. The van der Waals surface area contributed by atoms with Gasteiger partial charge in [-0.05, 0) is 65.1 Å². The standard InChI is InChI=1S/C36H32N2S/c1-36(2,26-15-9-10-16-26)27-21-22-37-32(23-27)29-18-17-28(24-11-5-3-6-12-24)33-30-19-20-31(25-13-7-4-8-14-25)38-35(30)39-34(29)33/h3-8,11-14,17-23,26H,9-10,15-16H2,1-2H3. The topological polar surface area (TPSA) is 25.8 Å². The van der Waals surface area contributed by atoms with Crippen LogP contribution in [0.3, 0.4) is 0 Å². The van der Waals surface area contributed by atoms with Crippen molar-refractivity contribution >= 4 is 31.6 Å². The minimum absolute atomic E-state index is 0.142. The number of aromatic nitrogens is 2. The van der Waals surface area contributed by atoms with Gasteiger partial charge in [-0.25, -0.2) is 4.98 Å². The first kappa shape index (κ1) is 24.2. The molecule has 3 aromatic heterocycles. The van der Waals surface area contributed by atoms with Gasteiger partial charge in [0.25, 0.3) is 0 Å². The van der Waals surface area contributed by atoms with Gasteiger partial charge in [-0.1, -0.05) is 99.5 Å². The molecular weight excluding hydrogens is 492 g/mol. The van der Waals surface area contributed by atoms with Crippen molar-refractivity contribution in [2.24, 2.45) is 5.92 Å². The molecular formula is C36H32N2S. The Morgan fingerprint density at radius 3 is 2.15 bits per heavy atom. The molecule has 7 rings (SSSR count). The molecule has 0 bridgehead atoms. The summed E-state index contributed by atoms with van der Waals surface area (Å²) >= 11 is 1.79. The highest BCUT2D eigenvalue weighted by Crippen LogP contribution is 2.46. The number of fused-ring (bicyclic) bond motifs is 3. The Morgan fingerprint density at radius 1 is 0.718 bits per heavy atom. The molecule has 0 radical (unpaired) electrons. The molecule has 0 aliphatic heterocycles. The lowest BCUT2D eigenvalue weighted by Crippen LogP contribution is -2.26. The van der Waals surface area contributed by atoms with E-state index >= 15 is 0 Å². The van der Waals surface area contributed by atoms with Crippen LogP contribution in [0.2, 0.25) is 0 Å². The summed E-state index contributed by atoms with van der Waals surface area (Å²) in [5.74, 6) is 0.734. The van der Waals surface area contributed by atoms with E-state index in [0.29, 0.717) is 0 Å². The number of thiophene rings is 1. The zero-order valence-corrected chi connectivity index (χ0v) is 23.3. The summed E-state index contributed by atoms with van der Waals surface area (Å²) in [6.45, 7) is 4.84. The third-order valence-electron chi connectivity index (χ3n) is 8.80. The maximum Gasteiger partial charge on any atom is 0.125 e. The number of hydrogen-bond donors (Lipinski definition) is 0. The highest BCUT2D eigenvalue weighted by molar-refractivity contribution is 7.26. The first-order valence-electron chi connectivity index (χ1n) is 14.0. The molecule has 1 fully saturated rings. The van der Waals surface area contributed by atoms with Gasteiger partial charge in [-0.2, -0.15) is 0 Å². The Bertz CT molecular complexity index is 1780. The van der Waals surface area contributed by atoms with Crippen molar-refractivity contribution in [3.05, 3.63) is 109 Å². The zero-order valence-electron chi connectivity index (χ0n) is 22.5. The Labute approximate surface area is 234 Å². The normalized spacial score (nSPS) is 14.4. The number of nitrogens with zero attached hydrogens (tertiary/aromatic N) is 2.